The van der Waals surface area contributed by atoms with Gasteiger partial charge >= 0.3 is 48.9 Å². The van der Waals surface area contributed by atoms with E-state index in [9.17, 15) is 4.79 Å². The minimum atomic E-state index is 0. The van der Waals surface area contributed by atoms with E-state index in [4.69, 9.17) is 0 Å². The van der Waals surface area contributed by atoms with E-state index >= 15 is 0 Å². The van der Waals surface area contributed by atoms with E-state index < -0.39 is 0 Å². The fourth-order valence-electron chi connectivity index (χ4n) is 0.904. The first-order valence-corrected chi connectivity index (χ1v) is 3.16. The van der Waals surface area contributed by atoms with Crippen molar-refractivity contribution in [1.82, 2.24) is 5.32 Å². The molecular formula is C6H13BaNO. The third-order valence-corrected chi connectivity index (χ3v) is 1.40. The van der Waals surface area contributed by atoms with Crippen LogP contribution in [0.2, 0.25) is 0 Å². The molecule has 50 valence electrons. The van der Waals surface area contributed by atoms with Gasteiger partial charge in [0.05, 0.1) is 0 Å². The van der Waals surface area contributed by atoms with Gasteiger partial charge in [-0.15, -0.1) is 0 Å². The summed E-state index contributed by atoms with van der Waals surface area (Å²) in [6.45, 7) is 0.888. The normalized spacial score (nSPS) is 19.3. The second-order valence-corrected chi connectivity index (χ2v) is 2.16. The molecule has 9 heavy (non-hydrogen) atoms. The van der Waals surface area contributed by atoms with Crippen LogP contribution in [0.3, 0.4) is 0 Å². The number of amides is 1. The van der Waals surface area contributed by atoms with E-state index in [-0.39, 0.29) is 54.8 Å². The molecule has 1 amide bonds. The molecule has 0 aromatic rings. The standard InChI is InChI=1S/C6H11NO.Ba.2H/c8-6-4-2-1-3-5-7-6;;;/h1-5H2,(H,7,8);;;. The van der Waals surface area contributed by atoms with E-state index in [1.807, 2.05) is 0 Å². The van der Waals surface area contributed by atoms with Crippen molar-refractivity contribution in [2.45, 2.75) is 25.7 Å². The van der Waals surface area contributed by atoms with Crippen LogP contribution in [0.4, 0.5) is 0 Å². The van der Waals surface area contributed by atoms with Gasteiger partial charge in [-0.05, 0) is 12.8 Å². The van der Waals surface area contributed by atoms with Crippen molar-refractivity contribution >= 4 is 54.8 Å². The molecule has 0 radical (unpaired) electrons. The summed E-state index contributed by atoms with van der Waals surface area (Å²) in [6, 6.07) is 0. The summed E-state index contributed by atoms with van der Waals surface area (Å²) < 4.78 is 0. The van der Waals surface area contributed by atoms with Crippen molar-refractivity contribution in [3.8, 4) is 0 Å². The second-order valence-electron chi connectivity index (χ2n) is 2.16. The molecule has 1 saturated heterocycles. The second kappa shape index (κ2) is 5.80. The van der Waals surface area contributed by atoms with Crippen molar-refractivity contribution in [2.24, 2.45) is 0 Å². The Bertz CT molecular complexity index is 85.1. The molecule has 0 aromatic heterocycles. The van der Waals surface area contributed by atoms with E-state index in [1.54, 1.807) is 0 Å². The van der Waals surface area contributed by atoms with Gasteiger partial charge in [0.2, 0.25) is 5.91 Å². The number of nitrogens with one attached hydrogen (secondary N) is 1. The molecule has 0 aliphatic carbocycles. The number of carbonyl (C=O) groups is 1. The van der Waals surface area contributed by atoms with Gasteiger partial charge < -0.3 is 5.32 Å². The summed E-state index contributed by atoms with van der Waals surface area (Å²) in [5.41, 5.74) is 0. The summed E-state index contributed by atoms with van der Waals surface area (Å²) in [4.78, 5) is 10.6. The zero-order chi connectivity index (χ0) is 5.82. The van der Waals surface area contributed by atoms with Crippen LogP contribution < -0.4 is 5.32 Å². The molecule has 3 heteroatoms. The van der Waals surface area contributed by atoms with E-state index in [0.29, 0.717) is 0 Å². The van der Waals surface area contributed by atoms with Crippen LogP contribution >= 0.6 is 0 Å². The van der Waals surface area contributed by atoms with Crippen molar-refractivity contribution in [2.75, 3.05) is 6.54 Å². The third kappa shape index (κ3) is 4.45. The summed E-state index contributed by atoms with van der Waals surface area (Å²) in [6.07, 6.45) is 4.18. The molecular weight excluding hydrogens is 239 g/mol. The molecule has 1 heterocycles. The quantitative estimate of drug-likeness (QED) is 0.593. The van der Waals surface area contributed by atoms with Crippen molar-refractivity contribution in [1.29, 1.82) is 0 Å². The van der Waals surface area contributed by atoms with Crippen molar-refractivity contribution in [3.05, 3.63) is 0 Å². The van der Waals surface area contributed by atoms with Crippen LogP contribution in [0, 0.1) is 0 Å². The van der Waals surface area contributed by atoms with Crippen molar-refractivity contribution in [3.63, 3.8) is 0 Å². The maximum atomic E-state index is 10.6. The molecule has 2 nitrogen and oxygen atoms in total. The number of hydrogen-bond donors (Lipinski definition) is 1. The van der Waals surface area contributed by atoms with Gasteiger partial charge in [-0.25, -0.2) is 0 Å². The van der Waals surface area contributed by atoms with Crippen LogP contribution in [0.15, 0.2) is 0 Å². The van der Waals surface area contributed by atoms with Gasteiger partial charge in [0.15, 0.2) is 0 Å². The summed E-state index contributed by atoms with van der Waals surface area (Å²) in [5, 5.41) is 2.81. The molecule has 0 unspecified atom stereocenters. The monoisotopic (exact) mass is 253 g/mol. The Morgan fingerprint density at radius 1 is 1.22 bits per heavy atom. The third-order valence-electron chi connectivity index (χ3n) is 1.40. The molecule has 0 aromatic carbocycles. The van der Waals surface area contributed by atoms with Gasteiger partial charge in [-0.3, -0.25) is 4.79 Å². The van der Waals surface area contributed by atoms with Crippen LogP contribution in [0.5, 0.6) is 0 Å². The number of carbonyl (C=O) groups excluding carboxylic acids is 1. The molecule has 1 fully saturated rings. The molecule has 0 atom stereocenters. The van der Waals surface area contributed by atoms with Gasteiger partial charge in [0.1, 0.15) is 0 Å². The average Bonchev–Trinajstić information content (AvgIpc) is 1.94. The van der Waals surface area contributed by atoms with E-state index in [1.165, 1.54) is 6.42 Å². The number of rotatable bonds is 0. The maximum absolute atomic E-state index is 10.6. The Hall–Kier alpha value is 1.04. The Morgan fingerprint density at radius 2 is 2.00 bits per heavy atom. The van der Waals surface area contributed by atoms with Crippen LogP contribution in [-0.2, 0) is 4.79 Å². The summed E-state index contributed by atoms with van der Waals surface area (Å²) in [5.74, 6) is 0.225. The molecule has 1 aliphatic rings. The van der Waals surface area contributed by atoms with Gasteiger partial charge in [0.25, 0.3) is 0 Å². The van der Waals surface area contributed by atoms with Crippen LogP contribution in [0.1, 0.15) is 25.7 Å². The minimum absolute atomic E-state index is 0. The Labute approximate surface area is 95.8 Å². The van der Waals surface area contributed by atoms with Gasteiger partial charge in [0, 0.05) is 13.0 Å². The predicted molar refractivity (Wildman–Crippen MR) is 40.0 cm³/mol. The Balaban J connectivity index is 0.000000640. The molecule has 0 spiro atoms. The molecule has 0 saturated carbocycles. The predicted octanol–water partition coefficient (Wildman–Crippen LogP) is -0.240. The zero-order valence-electron chi connectivity index (χ0n) is 4.94. The molecule has 1 rings (SSSR count). The van der Waals surface area contributed by atoms with Gasteiger partial charge in [-0.1, -0.05) is 6.42 Å². The Morgan fingerprint density at radius 3 is 2.78 bits per heavy atom. The summed E-state index contributed by atoms with van der Waals surface area (Å²) >= 11 is 0. The average molecular weight is 253 g/mol. The fourth-order valence-corrected chi connectivity index (χ4v) is 0.904. The molecule has 1 N–H and O–H groups in total. The first-order chi connectivity index (χ1) is 3.89. The van der Waals surface area contributed by atoms with Crippen molar-refractivity contribution < 1.29 is 4.79 Å². The SMILES string of the molecule is O=C1CCCCCN1.[BaH2]. The topological polar surface area (TPSA) is 29.1 Å². The first-order valence-electron chi connectivity index (χ1n) is 3.16. The van der Waals surface area contributed by atoms with E-state index in [2.05, 4.69) is 5.32 Å². The zero-order valence-corrected chi connectivity index (χ0v) is 4.94. The molecule has 1 aliphatic heterocycles. The van der Waals surface area contributed by atoms with Crippen LogP contribution in [-0.4, -0.2) is 61.3 Å². The van der Waals surface area contributed by atoms with Gasteiger partial charge in [-0.2, -0.15) is 0 Å². The van der Waals surface area contributed by atoms with E-state index in [0.717, 1.165) is 25.8 Å². The van der Waals surface area contributed by atoms with Crippen LogP contribution in [0.25, 0.3) is 0 Å². The Kier molecular flexibility index (Phi) is 6.47. The molecule has 0 bridgehead atoms. The summed E-state index contributed by atoms with van der Waals surface area (Å²) in [7, 11) is 0. The number of hydrogen-bond acceptors (Lipinski definition) is 1. The first kappa shape index (κ1) is 10.0. The fraction of sp³-hybridized carbons (Fsp3) is 0.833.